The normalized spacial score (nSPS) is 34.3. The number of carbonyl (C=O) groups is 2. The van der Waals surface area contributed by atoms with Gasteiger partial charge in [-0.3, -0.25) is 19.4 Å². The summed E-state index contributed by atoms with van der Waals surface area (Å²) >= 11 is 0. The van der Waals surface area contributed by atoms with Crippen LogP contribution >= 0.6 is 0 Å². The molecule has 10 heteroatoms. The van der Waals surface area contributed by atoms with E-state index in [4.69, 9.17) is 9.47 Å². The second-order valence-electron chi connectivity index (χ2n) is 16.7. The number of esters is 2. The number of para-hydroxylation sites is 1. The number of fused-ring (bicyclic) bond motifs is 9. The molecule has 10 rings (SSSR count). The topological polar surface area (TPSA) is 131 Å². The van der Waals surface area contributed by atoms with Crippen molar-refractivity contribution in [2.75, 3.05) is 33.3 Å². The standard InChI is InChI=1S/C43H52N4O6/c1-6-26-16-25-19-42(52-23(3)49)40-30(14-15-47(20-25)41(26)42)29-12-13-35(51)37(39(29)45-40)32-17-33-27(7-2)21-46(5)36(43(33,22-48)53-24(4)50)18-31-28-10-8-9-11-34(28)44-38(31)32/h7-13,25-26,32-33,36,41,44-45,48,51H,6,14-22H2,1-5H3. The van der Waals surface area contributed by atoms with Gasteiger partial charge in [0.05, 0.1) is 29.9 Å². The molecule has 53 heavy (non-hydrogen) atoms. The second kappa shape index (κ2) is 12.5. The molecule has 4 fully saturated rings. The molecule has 6 heterocycles. The maximum atomic E-state index is 13.1. The lowest BCUT2D eigenvalue weighted by Crippen LogP contribution is -2.66. The first-order valence-electron chi connectivity index (χ1n) is 19.6. The van der Waals surface area contributed by atoms with Gasteiger partial charge in [-0.2, -0.15) is 0 Å². The predicted molar refractivity (Wildman–Crippen MR) is 203 cm³/mol. The number of piperidine rings is 3. The van der Waals surface area contributed by atoms with Gasteiger partial charge < -0.3 is 29.7 Å². The molecular formula is C43H52N4O6. The van der Waals surface area contributed by atoms with E-state index in [2.05, 4.69) is 44.9 Å². The summed E-state index contributed by atoms with van der Waals surface area (Å²) in [7, 11) is 2.05. The first-order valence-corrected chi connectivity index (χ1v) is 19.6. The van der Waals surface area contributed by atoms with Crippen LogP contribution in [0.25, 0.3) is 21.8 Å². The number of likely N-dealkylation sites (tertiary alicyclic amines) is 1. The molecule has 0 radical (unpaired) electrons. The fourth-order valence-electron chi connectivity index (χ4n) is 12.2. The van der Waals surface area contributed by atoms with E-state index in [0.717, 1.165) is 94.2 Å². The van der Waals surface area contributed by atoms with Crippen LogP contribution in [0.2, 0.25) is 0 Å². The zero-order chi connectivity index (χ0) is 37.0. The molecule has 9 unspecified atom stereocenters. The summed E-state index contributed by atoms with van der Waals surface area (Å²) in [6, 6.07) is 11.9. The summed E-state index contributed by atoms with van der Waals surface area (Å²) in [5, 5.41) is 25.7. The van der Waals surface area contributed by atoms with Crippen molar-refractivity contribution >= 4 is 33.7 Å². The van der Waals surface area contributed by atoms with Crippen LogP contribution in [-0.2, 0) is 37.5 Å². The number of hydrogen-bond donors (Lipinski definition) is 4. The number of aromatic hydroxyl groups is 1. The Morgan fingerprint density at radius 3 is 2.57 bits per heavy atom. The predicted octanol–water partition coefficient (Wildman–Crippen LogP) is 6.04. The zero-order valence-electron chi connectivity index (χ0n) is 31.5. The van der Waals surface area contributed by atoms with Crippen LogP contribution in [0, 0.1) is 17.8 Å². The lowest BCUT2D eigenvalue weighted by molar-refractivity contribution is -0.200. The zero-order valence-corrected chi connectivity index (χ0v) is 31.5. The van der Waals surface area contributed by atoms with Crippen molar-refractivity contribution in [2.24, 2.45) is 17.8 Å². The number of likely N-dealkylation sites (N-methyl/N-ethyl adjacent to an activating group) is 1. The molecule has 2 aromatic heterocycles. The van der Waals surface area contributed by atoms with E-state index in [-0.39, 0.29) is 42.2 Å². The Morgan fingerprint density at radius 2 is 1.83 bits per heavy atom. The minimum Gasteiger partial charge on any atom is -0.508 e. The van der Waals surface area contributed by atoms with Crippen LogP contribution in [-0.4, -0.2) is 92.9 Å². The third-order valence-electron chi connectivity index (χ3n) is 14.0. The Labute approximate surface area is 310 Å². The van der Waals surface area contributed by atoms with Crippen molar-refractivity contribution in [3.63, 3.8) is 0 Å². The average molecular weight is 721 g/mol. The average Bonchev–Trinajstić information content (AvgIpc) is 3.66. The highest BCUT2D eigenvalue weighted by molar-refractivity contribution is 5.92. The van der Waals surface area contributed by atoms with Gasteiger partial charge in [-0.25, -0.2) is 0 Å². The Hall–Kier alpha value is -4.12. The van der Waals surface area contributed by atoms with Gasteiger partial charge in [-0.1, -0.05) is 43.2 Å². The summed E-state index contributed by atoms with van der Waals surface area (Å²) in [5.74, 6) is -0.360. The summed E-state index contributed by atoms with van der Waals surface area (Å²) in [6.07, 6.45) is 6.89. The lowest BCUT2D eigenvalue weighted by Gasteiger charge is -2.58. The van der Waals surface area contributed by atoms with Gasteiger partial charge in [0.2, 0.25) is 0 Å². The number of allylic oxidation sites excluding steroid dienone is 1. The maximum Gasteiger partial charge on any atom is 0.303 e. The minimum atomic E-state index is -1.20. The molecule has 4 aromatic rings. The van der Waals surface area contributed by atoms with Gasteiger partial charge in [0.1, 0.15) is 5.75 Å². The van der Waals surface area contributed by atoms with Crippen LogP contribution in [0.15, 0.2) is 48.0 Å². The van der Waals surface area contributed by atoms with E-state index in [1.165, 1.54) is 13.8 Å². The molecule has 9 atom stereocenters. The number of H-pyrrole nitrogens is 2. The summed E-state index contributed by atoms with van der Waals surface area (Å²) < 4.78 is 13.0. The van der Waals surface area contributed by atoms with Crippen LogP contribution in [0.5, 0.6) is 5.75 Å². The first-order chi connectivity index (χ1) is 25.5. The minimum absolute atomic E-state index is 0.0803. The van der Waals surface area contributed by atoms with E-state index < -0.39 is 17.2 Å². The number of aromatic nitrogens is 2. The van der Waals surface area contributed by atoms with E-state index in [9.17, 15) is 19.8 Å². The SMILES string of the molecule is CC=C1CN(C)C2Cc3c([nH]c4ccccc34)C(c3c(O)ccc4c5c([nH]c34)C3(OC(C)=O)CC4CC(CC)C3N(CC5)C4)CC1C2(CO)OC(C)=O. The molecule has 6 bridgehead atoms. The van der Waals surface area contributed by atoms with Gasteiger partial charge in [0.25, 0.3) is 0 Å². The summed E-state index contributed by atoms with van der Waals surface area (Å²) in [5.41, 5.74) is 5.97. The molecule has 6 aliphatic rings. The molecule has 1 saturated carbocycles. The molecule has 4 N–H and O–H groups in total. The molecule has 2 aromatic carbocycles. The lowest BCUT2D eigenvalue weighted by atomic mass is 9.62. The highest BCUT2D eigenvalue weighted by Crippen LogP contribution is 2.57. The van der Waals surface area contributed by atoms with Crippen LogP contribution in [0.4, 0.5) is 0 Å². The smallest absolute Gasteiger partial charge is 0.303 e. The van der Waals surface area contributed by atoms with Gasteiger partial charge in [-0.15, -0.1) is 0 Å². The number of aliphatic hydroxyl groups excluding tert-OH is 1. The van der Waals surface area contributed by atoms with Crippen LogP contribution in [0.3, 0.4) is 0 Å². The molecule has 3 saturated heterocycles. The Balaban J connectivity index is 1.31. The number of phenols is 1. The molecule has 10 nitrogen and oxygen atoms in total. The van der Waals surface area contributed by atoms with Crippen molar-refractivity contribution in [1.29, 1.82) is 0 Å². The molecule has 2 aliphatic carbocycles. The number of aliphatic hydroxyl groups is 1. The van der Waals surface area contributed by atoms with E-state index >= 15 is 0 Å². The Morgan fingerprint density at radius 1 is 1.04 bits per heavy atom. The summed E-state index contributed by atoms with van der Waals surface area (Å²) in [6.45, 7) is 9.49. The fraction of sp³-hybridized carbons (Fsp3) is 0.535. The number of benzene rings is 2. The van der Waals surface area contributed by atoms with Gasteiger partial charge >= 0.3 is 11.9 Å². The maximum absolute atomic E-state index is 13.1. The van der Waals surface area contributed by atoms with Crippen molar-refractivity contribution < 1.29 is 29.3 Å². The quantitative estimate of drug-likeness (QED) is 0.145. The summed E-state index contributed by atoms with van der Waals surface area (Å²) in [4.78, 5) is 38.6. The van der Waals surface area contributed by atoms with E-state index in [1.807, 2.05) is 38.2 Å². The number of nitrogens with zero attached hydrogens (tertiary/aromatic N) is 2. The number of aromatic amines is 2. The largest absolute Gasteiger partial charge is 0.508 e. The van der Waals surface area contributed by atoms with Crippen LogP contribution in [0.1, 0.15) is 87.4 Å². The van der Waals surface area contributed by atoms with Crippen LogP contribution < -0.4 is 0 Å². The molecular weight excluding hydrogens is 668 g/mol. The molecule has 4 aliphatic heterocycles. The monoisotopic (exact) mass is 720 g/mol. The van der Waals surface area contributed by atoms with Gasteiger partial charge in [0.15, 0.2) is 11.2 Å². The number of carbonyl (C=O) groups excluding carboxylic acids is 2. The first kappa shape index (κ1) is 34.6. The van der Waals surface area contributed by atoms with E-state index in [0.29, 0.717) is 31.2 Å². The van der Waals surface area contributed by atoms with Crippen molar-refractivity contribution in [3.05, 3.63) is 76.1 Å². The van der Waals surface area contributed by atoms with Crippen molar-refractivity contribution in [1.82, 2.24) is 19.8 Å². The van der Waals surface area contributed by atoms with Crippen molar-refractivity contribution in [2.45, 2.75) is 95.4 Å². The molecule has 0 spiro atoms. The second-order valence-corrected chi connectivity index (χ2v) is 16.7. The van der Waals surface area contributed by atoms with Gasteiger partial charge in [-0.05, 0) is 87.2 Å². The third kappa shape index (κ3) is 4.94. The van der Waals surface area contributed by atoms with Crippen molar-refractivity contribution in [3.8, 4) is 5.75 Å². The number of phenolic OH excluding ortho intramolecular Hbond substituents is 1. The fourth-order valence-corrected chi connectivity index (χ4v) is 12.2. The number of nitrogens with one attached hydrogen (secondary N) is 2. The highest BCUT2D eigenvalue weighted by atomic mass is 16.6. The third-order valence-corrected chi connectivity index (χ3v) is 14.0. The number of hydrogen-bond acceptors (Lipinski definition) is 8. The molecule has 280 valence electrons. The van der Waals surface area contributed by atoms with E-state index in [1.54, 1.807) is 0 Å². The Bertz CT molecular complexity index is 2170. The Kier molecular flexibility index (Phi) is 8.15. The number of rotatable bonds is 5. The van der Waals surface area contributed by atoms with Gasteiger partial charge in [0, 0.05) is 72.9 Å². The number of ether oxygens (including phenoxy) is 2. The molecule has 0 amide bonds. The highest BCUT2D eigenvalue weighted by Gasteiger charge is 2.61.